The van der Waals surface area contributed by atoms with Gasteiger partial charge in [0, 0.05) is 0 Å². The van der Waals surface area contributed by atoms with Crippen LogP contribution in [0.25, 0.3) is 0 Å². The summed E-state index contributed by atoms with van der Waals surface area (Å²) in [4.78, 5) is 9.76. The average molecular weight is 210 g/mol. The van der Waals surface area contributed by atoms with Crippen molar-refractivity contribution in [1.29, 1.82) is 0 Å². The van der Waals surface area contributed by atoms with Crippen LogP contribution < -0.4 is 11.1 Å². The summed E-state index contributed by atoms with van der Waals surface area (Å²) in [5.74, 6) is -0.322. The predicted molar refractivity (Wildman–Crippen MR) is 65.6 cm³/mol. The number of aryl methyl sites for hydroxylation is 1. The number of carbonyl (C=O) groups excluding carboxylic acids is 1. The monoisotopic (exact) mass is 210 g/mol. The third-order valence-electron chi connectivity index (χ3n) is 1.29. The lowest BCUT2D eigenvalue weighted by Gasteiger charge is -1.85. The van der Waals surface area contributed by atoms with Gasteiger partial charge in [-0.05, 0) is 14.0 Å². The van der Waals surface area contributed by atoms with Crippen LogP contribution in [-0.4, -0.2) is 19.5 Å². The van der Waals surface area contributed by atoms with E-state index in [0.29, 0.717) is 0 Å². The molecule has 3 nitrogen and oxygen atoms in total. The van der Waals surface area contributed by atoms with E-state index in [0.717, 1.165) is 0 Å². The molecule has 0 saturated heterocycles. The molecule has 0 aliphatic heterocycles. The van der Waals surface area contributed by atoms with Gasteiger partial charge in [-0.3, -0.25) is 4.79 Å². The summed E-state index contributed by atoms with van der Waals surface area (Å²) in [6.45, 7) is 6.35. The molecule has 0 saturated carbocycles. The Kier molecular flexibility index (Phi) is 13.6. The van der Waals surface area contributed by atoms with Crippen molar-refractivity contribution in [3.05, 3.63) is 35.9 Å². The molecule has 0 unspecified atom stereocenters. The van der Waals surface area contributed by atoms with Crippen molar-refractivity contribution >= 4 is 5.91 Å². The molecule has 0 aliphatic carbocycles. The molecule has 15 heavy (non-hydrogen) atoms. The quantitative estimate of drug-likeness (QED) is 0.780. The van der Waals surface area contributed by atoms with Gasteiger partial charge >= 0.3 is 0 Å². The third kappa shape index (κ3) is 15.4. The van der Waals surface area contributed by atoms with Crippen molar-refractivity contribution in [2.24, 2.45) is 5.73 Å². The molecule has 0 radical (unpaired) electrons. The lowest BCUT2D eigenvalue weighted by Crippen LogP contribution is -2.25. The number of carbonyl (C=O) groups is 1. The second-order valence-corrected chi connectivity index (χ2v) is 2.65. The number of nitrogens with two attached hydrogens (primary N) is 1. The minimum atomic E-state index is -0.322. The minimum absolute atomic E-state index is 0.264. The molecule has 0 heterocycles. The van der Waals surface area contributed by atoms with Crippen molar-refractivity contribution < 1.29 is 4.79 Å². The van der Waals surface area contributed by atoms with E-state index < -0.39 is 0 Å². The lowest BCUT2D eigenvalue weighted by atomic mass is 10.2. The Morgan fingerprint density at radius 2 is 1.73 bits per heavy atom. The fourth-order valence-corrected chi connectivity index (χ4v) is 0.709. The van der Waals surface area contributed by atoms with Crippen LogP contribution in [0.5, 0.6) is 0 Å². The molecule has 0 bridgehead atoms. The van der Waals surface area contributed by atoms with E-state index in [4.69, 9.17) is 5.73 Å². The van der Waals surface area contributed by atoms with Crippen LogP contribution in [0.3, 0.4) is 0 Å². The Morgan fingerprint density at radius 1 is 1.27 bits per heavy atom. The molecule has 1 rings (SSSR count). The van der Waals surface area contributed by atoms with E-state index in [9.17, 15) is 4.79 Å². The number of hydrogen-bond acceptors (Lipinski definition) is 2. The molecule has 0 fully saturated rings. The molecule has 1 amide bonds. The standard InChI is InChI=1S/C7H8.C3H8N2O.C2H6/c1-7-5-3-2-4-6-7;1-5-2-3(4)6;1-2/h2-6H,1H3;5H,2H2,1H3,(H2,4,6);1-2H3. The second kappa shape index (κ2) is 12.7. The van der Waals surface area contributed by atoms with E-state index in [-0.39, 0.29) is 12.5 Å². The van der Waals surface area contributed by atoms with E-state index >= 15 is 0 Å². The molecular weight excluding hydrogens is 188 g/mol. The zero-order chi connectivity index (χ0) is 12.1. The summed E-state index contributed by atoms with van der Waals surface area (Å²) in [6.07, 6.45) is 0. The number of primary amides is 1. The Labute approximate surface area is 92.7 Å². The number of nitrogens with one attached hydrogen (secondary N) is 1. The molecule has 0 atom stereocenters. The normalized spacial score (nSPS) is 7.73. The first-order valence-electron chi connectivity index (χ1n) is 5.11. The summed E-state index contributed by atoms with van der Waals surface area (Å²) < 4.78 is 0. The zero-order valence-corrected chi connectivity index (χ0v) is 10.1. The van der Waals surface area contributed by atoms with E-state index in [1.807, 2.05) is 32.0 Å². The van der Waals surface area contributed by atoms with Crippen molar-refractivity contribution in [3.8, 4) is 0 Å². The average Bonchev–Trinajstić information content (AvgIpc) is 2.22. The van der Waals surface area contributed by atoms with E-state index in [1.54, 1.807) is 7.05 Å². The fourth-order valence-electron chi connectivity index (χ4n) is 0.709. The van der Waals surface area contributed by atoms with Gasteiger partial charge in [-0.25, -0.2) is 0 Å². The highest BCUT2D eigenvalue weighted by Crippen LogP contribution is 1.92. The van der Waals surface area contributed by atoms with Gasteiger partial charge in [0.2, 0.25) is 5.91 Å². The van der Waals surface area contributed by atoms with Gasteiger partial charge in [0.1, 0.15) is 0 Å². The van der Waals surface area contributed by atoms with Gasteiger partial charge in [-0.1, -0.05) is 49.7 Å². The van der Waals surface area contributed by atoms with Crippen molar-refractivity contribution in [2.45, 2.75) is 20.8 Å². The highest BCUT2D eigenvalue weighted by molar-refractivity contribution is 5.75. The molecule has 3 N–H and O–H groups in total. The Morgan fingerprint density at radius 3 is 1.87 bits per heavy atom. The Balaban J connectivity index is 0. The van der Waals surface area contributed by atoms with Crippen LogP contribution in [0.2, 0.25) is 0 Å². The van der Waals surface area contributed by atoms with Crippen LogP contribution in [0.1, 0.15) is 19.4 Å². The van der Waals surface area contributed by atoms with Crippen molar-refractivity contribution in [3.63, 3.8) is 0 Å². The van der Waals surface area contributed by atoms with Crippen LogP contribution in [0.15, 0.2) is 30.3 Å². The maximum absolute atomic E-state index is 9.76. The van der Waals surface area contributed by atoms with Gasteiger partial charge in [0.05, 0.1) is 6.54 Å². The van der Waals surface area contributed by atoms with Crippen LogP contribution in [0, 0.1) is 6.92 Å². The van der Waals surface area contributed by atoms with Crippen molar-refractivity contribution in [1.82, 2.24) is 5.32 Å². The topological polar surface area (TPSA) is 55.1 Å². The molecule has 1 aromatic rings. The maximum atomic E-state index is 9.76. The van der Waals surface area contributed by atoms with E-state index in [1.165, 1.54) is 5.56 Å². The van der Waals surface area contributed by atoms with Gasteiger partial charge in [-0.15, -0.1) is 0 Å². The largest absolute Gasteiger partial charge is 0.369 e. The lowest BCUT2D eigenvalue weighted by molar-refractivity contribution is -0.117. The SMILES string of the molecule is CC.CNCC(N)=O.Cc1ccccc1. The minimum Gasteiger partial charge on any atom is -0.369 e. The van der Waals surface area contributed by atoms with Gasteiger partial charge in [0.15, 0.2) is 0 Å². The molecule has 0 spiro atoms. The van der Waals surface area contributed by atoms with Crippen LogP contribution in [-0.2, 0) is 4.79 Å². The second-order valence-electron chi connectivity index (χ2n) is 2.65. The van der Waals surface area contributed by atoms with Crippen LogP contribution in [0.4, 0.5) is 0 Å². The Hall–Kier alpha value is -1.35. The first kappa shape index (κ1) is 16.1. The molecular formula is C12H22N2O. The maximum Gasteiger partial charge on any atom is 0.231 e. The summed E-state index contributed by atoms with van der Waals surface area (Å²) in [6, 6.07) is 10.3. The van der Waals surface area contributed by atoms with Gasteiger partial charge in [-0.2, -0.15) is 0 Å². The summed E-state index contributed by atoms with van der Waals surface area (Å²) >= 11 is 0. The number of hydrogen-bond donors (Lipinski definition) is 2. The van der Waals surface area contributed by atoms with Gasteiger partial charge in [0.25, 0.3) is 0 Å². The predicted octanol–water partition coefficient (Wildman–Crippen LogP) is 1.71. The first-order valence-corrected chi connectivity index (χ1v) is 5.11. The van der Waals surface area contributed by atoms with Crippen LogP contribution >= 0.6 is 0 Å². The number of rotatable bonds is 2. The molecule has 0 aromatic heterocycles. The summed E-state index contributed by atoms with van der Waals surface area (Å²) in [5, 5.41) is 2.59. The molecule has 0 aliphatic rings. The van der Waals surface area contributed by atoms with Crippen molar-refractivity contribution in [2.75, 3.05) is 13.6 Å². The number of likely N-dealkylation sites (N-methyl/N-ethyl adjacent to an activating group) is 1. The Bertz CT molecular complexity index is 235. The molecule has 86 valence electrons. The zero-order valence-electron chi connectivity index (χ0n) is 10.1. The summed E-state index contributed by atoms with van der Waals surface area (Å²) in [7, 11) is 1.67. The number of benzene rings is 1. The highest BCUT2D eigenvalue weighted by atomic mass is 16.1. The third-order valence-corrected chi connectivity index (χ3v) is 1.29. The number of amides is 1. The highest BCUT2D eigenvalue weighted by Gasteiger charge is 1.82. The molecule has 3 heteroatoms. The first-order chi connectivity index (χ1) is 7.16. The van der Waals surface area contributed by atoms with Gasteiger partial charge < -0.3 is 11.1 Å². The van der Waals surface area contributed by atoms with E-state index in [2.05, 4.69) is 24.4 Å². The summed E-state index contributed by atoms with van der Waals surface area (Å²) in [5.41, 5.74) is 6.02. The fraction of sp³-hybridized carbons (Fsp3) is 0.417. The smallest absolute Gasteiger partial charge is 0.231 e. The molecule has 1 aromatic carbocycles.